The first-order chi connectivity index (χ1) is 10.9. The Balaban J connectivity index is 2.42. The van der Waals surface area contributed by atoms with Crippen molar-refractivity contribution in [3.8, 4) is 11.3 Å². The summed E-state index contributed by atoms with van der Waals surface area (Å²) in [5, 5.41) is 0.509. The van der Waals surface area contributed by atoms with Crippen LogP contribution in [0.15, 0.2) is 45.6 Å². The van der Waals surface area contributed by atoms with E-state index < -0.39 is 0 Å². The lowest BCUT2D eigenvalue weighted by molar-refractivity contribution is 0.599. The van der Waals surface area contributed by atoms with Gasteiger partial charge in [-0.25, -0.2) is 4.39 Å². The number of rotatable bonds is 2. The quantitative estimate of drug-likeness (QED) is 0.770. The number of benzene rings is 2. The predicted molar refractivity (Wildman–Crippen MR) is 90.0 cm³/mol. The molecule has 1 heterocycles. The fraction of sp³-hybridized carbons (Fsp3) is 0.211. The lowest BCUT2D eigenvalue weighted by atomic mass is 9.99. The van der Waals surface area contributed by atoms with Gasteiger partial charge in [0.05, 0.1) is 5.39 Å². The van der Waals surface area contributed by atoms with E-state index in [-0.39, 0.29) is 17.3 Å². The van der Waals surface area contributed by atoms with Crippen LogP contribution in [0.3, 0.4) is 0 Å². The maximum atomic E-state index is 13.5. The molecule has 3 aromatic rings. The number of halogens is 1. The van der Waals surface area contributed by atoms with E-state index in [2.05, 4.69) is 0 Å². The molecule has 0 bridgehead atoms. The van der Waals surface area contributed by atoms with Crippen molar-refractivity contribution >= 4 is 11.0 Å². The largest absolute Gasteiger partial charge is 0.455 e. The van der Waals surface area contributed by atoms with E-state index in [1.165, 1.54) is 12.1 Å². The van der Waals surface area contributed by atoms with Crippen molar-refractivity contribution in [2.75, 3.05) is 0 Å². The summed E-state index contributed by atoms with van der Waals surface area (Å²) in [6.07, 6.45) is 0. The first kappa shape index (κ1) is 15.4. The van der Waals surface area contributed by atoms with Crippen molar-refractivity contribution in [3.05, 3.63) is 69.1 Å². The van der Waals surface area contributed by atoms with Crippen LogP contribution in [-0.4, -0.2) is 0 Å². The molecule has 1 aromatic heterocycles. The molecule has 0 saturated carbocycles. The van der Waals surface area contributed by atoms with Crippen LogP contribution < -0.4 is 11.2 Å². The molecule has 3 rings (SSSR count). The number of aryl methyl sites for hydroxylation is 1. The second-order valence-corrected chi connectivity index (χ2v) is 5.92. The normalized spacial score (nSPS) is 12.6. The third kappa shape index (κ3) is 2.66. The molecule has 4 heteroatoms. The van der Waals surface area contributed by atoms with E-state index in [1.807, 2.05) is 19.9 Å². The minimum absolute atomic E-state index is 0.115. The molecule has 0 aliphatic carbocycles. The molecule has 23 heavy (non-hydrogen) atoms. The number of hydrogen-bond donors (Lipinski definition) is 1. The second-order valence-electron chi connectivity index (χ2n) is 5.92. The van der Waals surface area contributed by atoms with Gasteiger partial charge in [0, 0.05) is 22.7 Å². The molecule has 3 nitrogen and oxygen atoms in total. The zero-order valence-corrected chi connectivity index (χ0v) is 13.3. The smallest absolute Gasteiger partial charge is 0.196 e. The monoisotopic (exact) mass is 311 g/mol. The van der Waals surface area contributed by atoms with Crippen LogP contribution >= 0.6 is 0 Å². The van der Waals surface area contributed by atoms with Gasteiger partial charge in [0.2, 0.25) is 0 Å². The molecule has 0 fully saturated rings. The van der Waals surface area contributed by atoms with E-state index in [0.29, 0.717) is 27.9 Å². The van der Waals surface area contributed by atoms with Gasteiger partial charge in [0.1, 0.15) is 17.2 Å². The van der Waals surface area contributed by atoms with Crippen LogP contribution in [0.1, 0.15) is 29.7 Å². The molecule has 118 valence electrons. The number of fused-ring (bicyclic) bond motifs is 1. The third-order valence-corrected chi connectivity index (χ3v) is 3.97. The summed E-state index contributed by atoms with van der Waals surface area (Å²) < 4.78 is 19.5. The number of nitrogens with two attached hydrogens (primary N) is 1. The lowest BCUT2D eigenvalue weighted by Crippen LogP contribution is -2.12. The Morgan fingerprint density at radius 2 is 1.91 bits per heavy atom. The maximum absolute atomic E-state index is 13.5. The molecule has 0 aliphatic rings. The molecule has 2 aromatic carbocycles. The Hall–Kier alpha value is -2.46. The maximum Gasteiger partial charge on any atom is 0.196 e. The molecule has 0 spiro atoms. The van der Waals surface area contributed by atoms with E-state index >= 15 is 0 Å². The zero-order valence-electron chi connectivity index (χ0n) is 13.3. The Labute approximate surface area is 133 Å². The standard InChI is InChI=1S/C19H18FNO2/c1-10-7-15(12(3)21)19-16(8-10)17(22)11(2)18(23-19)13-5-4-6-14(20)9-13/h4-9,12H,21H2,1-3H3. The average molecular weight is 311 g/mol. The summed E-state index contributed by atoms with van der Waals surface area (Å²) in [5.41, 5.74) is 9.11. The molecular weight excluding hydrogens is 293 g/mol. The van der Waals surface area contributed by atoms with Crippen LogP contribution in [-0.2, 0) is 0 Å². The van der Waals surface area contributed by atoms with E-state index in [9.17, 15) is 9.18 Å². The number of hydrogen-bond acceptors (Lipinski definition) is 3. The fourth-order valence-corrected chi connectivity index (χ4v) is 2.81. The van der Waals surface area contributed by atoms with E-state index in [4.69, 9.17) is 10.2 Å². The zero-order chi connectivity index (χ0) is 16.7. The highest BCUT2D eigenvalue weighted by Gasteiger charge is 2.17. The minimum Gasteiger partial charge on any atom is -0.455 e. The first-order valence-electron chi connectivity index (χ1n) is 7.48. The van der Waals surface area contributed by atoms with Gasteiger partial charge < -0.3 is 10.2 Å². The summed E-state index contributed by atoms with van der Waals surface area (Å²) in [7, 11) is 0. The van der Waals surface area contributed by atoms with Crippen LogP contribution in [0.2, 0.25) is 0 Å². The van der Waals surface area contributed by atoms with Gasteiger partial charge in [-0.15, -0.1) is 0 Å². The SMILES string of the molecule is Cc1cc(C(C)N)c2oc(-c3cccc(F)c3)c(C)c(=O)c2c1. The first-order valence-corrected chi connectivity index (χ1v) is 7.48. The van der Waals surface area contributed by atoms with Crippen LogP contribution in [0.25, 0.3) is 22.3 Å². The van der Waals surface area contributed by atoms with Crippen LogP contribution in [0.4, 0.5) is 4.39 Å². The second kappa shape index (κ2) is 5.63. The van der Waals surface area contributed by atoms with E-state index in [0.717, 1.165) is 11.1 Å². The van der Waals surface area contributed by atoms with Crippen molar-refractivity contribution in [1.82, 2.24) is 0 Å². The van der Waals surface area contributed by atoms with E-state index in [1.54, 1.807) is 25.1 Å². The summed E-state index contributed by atoms with van der Waals surface area (Å²) in [5.74, 6) is 0.00808. The van der Waals surface area contributed by atoms with Crippen LogP contribution in [0, 0.1) is 19.7 Å². The molecule has 1 unspecified atom stereocenters. The molecule has 0 aliphatic heterocycles. The molecule has 0 radical (unpaired) electrons. The van der Waals surface area contributed by atoms with Gasteiger partial charge in [0.25, 0.3) is 0 Å². The van der Waals surface area contributed by atoms with Gasteiger partial charge in [0.15, 0.2) is 5.43 Å². The lowest BCUT2D eigenvalue weighted by Gasteiger charge is -2.13. The predicted octanol–water partition coefficient (Wildman–Crippen LogP) is 4.24. The summed E-state index contributed by atoms with van der Waals surface area (Å²) in [4.78, 5) is 12.7. The minimum atomic E-state index is -0.374. The third-order valence-electron chi connectivity index (χ3n) is 3.97. The van der Waals surface area contributed by atoms with Crippen molar-refractivity contribution in [1.29, 1.82) is 0 Å². The topological polar surface area (TPSA) is 56.2 Å². The van der Waals surface area contributed by atoms with Gasteiger partial charge in [-0.05, 0) is 44.5 Å². The Bertz CT molecular complexity index is 957. The van der Waals surface area contributed by atoms with Gasteiger partial charge in [-0.2, -0.15) is 0 Å². The molecule has 0 amide bonds. The highest BCUT2D eigenvalue weighted by atomic mass is 19.1. The highest BCUT2D eigenvalue weighted by molar-refractivity contribution is 5.84. The van der Waals surface area contributed by atoms with Crippen molar-refractivity contribution in [2.45, 2.75) is 26.8 Å². The summed E-state index contributed by atoms with van der Waals surface area (Å²) in [6, 6.07) is 9.47. The fourth-order valence-electron chi connectivity index (χ4n) is 2.81. The van der Waals surface area contributed by atoms with Crippen molar-refractivity contribution < 1.29 is 8.81 Å². The van der Waals surface area contributed by atoms with Gasteiger partial charge in [-0.3, -0.25) is 4.79 Å². The molecular formula is C19H18FNO2. The Morgan fingerprint density at radius 3 is 2.57 bits per heavy atom. The van der Waals surface area contributed by atoms with Crippen LogP contribution in [0.5, 0.6) is 0 Å². The Kier molecular flexibility index (Phi) is 3.78. The van der Waals surface area contributed by atoms with Gasteiger partial charge in [-0.1, -0.05) is 18.2 Å². The van der Waals surface area contributed by atoms with Crippen molar-refractivity contribution in [3.63, 3.8) is 0 Å². The highest BCUT2D eigenvalue weighted by Crippen LogP contribution is 2.30. The molecule has 0 saturated heterocycles. The molecule has 2 N–H and O–H groups in total. The Morgan fingerprint density at radius 1 is 1.17 bits per heavy atom. The summed E-state index contributed by atoms with van der Waals surface area (Å²) in [6.45, 7) is 5.45. The van der Waals surface area contributed by atoms with Crippen molar-refractivity contribution in [2.24, 2.45) is 5.73 Å². The van der Waals surface area contributed by atoms with Gasteiger partial charge >= 0.3 is 0 Å². The average Bonchev–Trinajstić information content (AvgIpc) is 2.50. The molecule has 1 atom stereocenters. The summed E-state index contributed by atoms with van der Waals surface area (Å²) >= 11 is 0.